The molecule has 5 heterocycles. The Morgan fingerprint density at radius 3 is 2.21 bits per heavy atom. The molecule has 4 atom stereocenters. The number of aryl methyl sites for hydroxylation is 5. The minimum atomic E-state index is -0.759. The summed E-state index contributed by atoms with van der Waals surface area (Å²) in [7, 11) is 0. The lowest BCUT2D eigenvalue weighted by Gasteiger charge is -2.39. The number of hydrogen-bond donors (Lipinski definition) is 5. The standard InChI is InChI=1S/C34H49N5O4S.C28H35FN6O.C18H34N4O/c1-22(24-12-14-25(15-13-24)31-23(2)36-21-44-31)17-29(41)28-18-26(40)20-39(28)32(43)27(33(3,4)5)19-34(6,7)30(42)11-9-8-10-16-37-38-35;1-7-9-10-11-13-32-28(5,6)26-31-17-20-15-22(19(4)33-25(20)35-26)21-16-24(23(29)14-18(21)3)34-27(36)30-12-8-2;1-15(2)18(23)11-6-5-9-13-22-14-17(20-21-22)10-7-8-12-19-16(3)4/h12-15,21-22,26-28,40H,8-11,16-20H2,1-7H3;1,14-17,32H,8-13H2,2-6H3,(H2,30,34,36);14-16,19H,5-13H2,1-4H3/t22-,26-,27+,28+;;/m1../s1. The number of β-amino-alcohol motifs (C(OH)–C–C–N with tert-alkyl or cyclic N) is 1. The van der Waals surface area contributed by atoms with Crippen LogP contribution in [0.5, 0.6) is 0 Å². The number of aromatic nitrogens is 7. The zero-order valence-electron chi connectivity index (χ0n) is 64.5. The summed E-state index contributed by atoms with van der Waals surface area (Å²) in [6.07, 6.45) is 22.6. The maximum atomic E-state index is 14.6. The number of benzene rings is 2. The molecule has 103 heavy (non-hydrogen) atoms. The third-order valence-corrected chi connectivity index (χ3v) is 19.9. The van der Waals surface area contributed by atoms with Crippen molar-refractivity contribution in [1.29, 1.82) is 0 Å². The van der Waals surface area contributed by atoms with Crippen LogP contribution >= 0.6 is 11.3 Å². The third-order valence-electron chi connectivity index (χ3n) is 18.9. The summed E-state index contributed by atoms with van der Waals surface area (Å²) in [5.41, 5.74) is 16.7. The number of azide groups is 1. The molecule has 1 aliphatic rings. The van der Waals surface area contributed by atoms with E-state index in [9.17, 15) is 33.5 Å². The number of ketones is 3. The van der Waals surface area contributed by atoms with Gasteiger partial charge in [-0.05, 0) is 176 Å². The molecule has 2 aromatic carbocycles. The Morgan fingerprint density at radius 1 is 0.845 bits per heavy atom. The van der Waals surface area contributed by atoms with Crippen molar-refractivity contribution in [2.24, 2.45) is 27.8 Å². The lowest BCUT2D eigenvalue weighted by molar-refractivity contribution is -0.146. The van der Waals surface area contributed by atoms with Crippen LogP contribution < -0.4 is 21.3 Å². The number of aliphatic hydroxyl groups excluding tert-OH is 1. The number of nitrogens with one attached hydrogen (secondary N) is 4. The van der Waals surface area contributed by atoms with Crippen molar-refractivity contribution in [3.63, 3.8) is 0 Å². The summed E-state index contributed by atoms with van der Waals surface area (Å²) in [4.78, 5) is 88.6. The summed E-state index contributed by atoms with van der Waals surface area (Å²) in [6, 6.07) is 12.7. The second-order valence-corrected chi connectivity index (χ2v) is 31.3. The predicted octanol–water partition coefficient (Wildman–Crippen LogP) is 16.7. The second-order valence-electron chi connectivity index (χ2n) is 30.5. The first kappa shape index (κ1) is 85.8. The molecule has 23 heteroatoms. The summed E-state index contributed by atoms with van der Waals surface area (Å²) in [5.74, 6) is 2.73. The van der Waals surface area contributed by atoms with E-state index >= 15 is 0 Å². The zero-order valence-corrected chi connectivity index (χ0v) is 65.3. The molecular formula is C80H118FN15O6S. The molecule has 0 saturated carbocycles. The minimum Gasteiger partial charge on any atom is -0.391 e. The molecule has 7 rings (SSSR count). The molecule has 0 bridgehead atoms. The van der Waals surface area contributed by atoms with Gasteiger partial charge in [0.15, 0.2) is 11.4 Å². The minimum absolute atomic E-state index is 0.0459. The van der Waals surface area contributed by atoms with E-state index in [1.807, 2.05) is 125 Å². The van der Waals surface area contributed by atoms with Gasteiger partial charge in [-0.1, -0.05) is 124 Å². The van der Waals surface area contributed by atoms with Crippen molar-refractivity contribution < 1.29 is 33.5 Å². The Kier molecular flexibility index (Phi) is 35.1. The van der Waals surface area contributed by atoms with Gasteiger partial charge >= 0.3 is 6.03 Å². The number of Topliss-reactive ketones (excluding diaryl/α,β-unsaturated/α-hetero) is 3. The summed E-state index contributed by atoms with van der Waals surface area (Å²) >= 11 is 1.60. The lowest BCUT2D eigenvalue weighted by atomic mass is 9.68. The topological polar surface area (TPSA) is 288 Å². The number of anilines is 1. The van der Waals surface area contributed by atoms with Gasteiger partial charge in [0.2, 0.25) is 5.91 Å². The molecule has 0 radical (unpaired) electrons. The van der Waals surface area contributed by atoms with Gasteiger partial charge in [0.1, 0.15) is 23.2 Å². The molecule has 1 saturated heterocycles. The van der Waals surface area contributed by atoms with Crippen molar-refractivity contribution >= 4 is 57.3 Å². The number of amides is 3. The van der Waals surface area contributed by atoms with Gasteiger partial charge in [-0.15, -0.1) is 28.8 Å². The maximum absolute atomic E-state index is 14.6. The van der Waals surface area contributed by atoms with E-state index in [0.29, 0.717) is 62.1 Å². The fourth-order valence-corrected chi connectivity index (χ4v) is 13.2. The van der Waals surface area contributed by atoms with Crippen LogP contribution in [0.1, 0.15) is 239 Å². The molecule has 5 N–H and O–H groups in total. The number of hydrogen-bond acceptors (Lipinski definition) is 16. The number of carbonyl (C=O) groups excluding carboxylic acids is 5. The van der Waals surface area contributed by atoms with Gasteiger partial charge in [0, 0.05) is 116 Å². The largest absolute Gasteiger partial charge is 0.391 e. The van der Waals surface area contributed by atoms with Crippen LogP contribution in [0.4, 0.5) is 14.9 Å². The molecule has 6 aromatic rings. The quantitative estimate of drug-likeness (QED) is 0.00792. The highest BCUT2D eigenvalue weighted by Gasteiger charge is 2.46. The number of nitrogens with zero attached hydrogens (tertiary/aromatic N) is 11. The summed E-state index contributed by atoms with van der Waals surface area (Å²) in [6.45, 7) is 35.7. The fourth-order valence-electron chi connectivity index (χ4n) is 12.4. The second kappa shape index (κ2) is 42.2. The maximum Gasteiger partial charge on any atom is 0.319 e. The Bertz CT molecular complexity index is 3790. The molecule has 0 aliphatic carbocycles. The van der Waals surface area contributed by atoms with Crippen LogP contribution in [0.2, 0.25) is 0 Å². The van der Waals surface area contributed by atoms with Gasteiger partial charge in [-0.25, -0.2) is 29.1 Å². The molecule has 21 nitrogen and oxygen atoms in total. The molecule has 3 amide bonds. The van der Waals surface area contributed by atoms with Crippen molar-refractivity contribution in [2.45, 2.75) is 263 Å². The number of fused-ring (bicyclic) bond motifs is 1. The molecular weight excluding hydrogens is 1320 g/mol. The first-order valence-electron chi connectivity index (χ1n) is 37.2. The van der Waals surface area contributed by atoms with Crippen LogP contribution in [-0.4, -0.2) is 125 Å². The average Bonchev–Trinajstić information content (AvgIpc) is 1.20. The number of thiazole rings is 1. The number of urea groups is 1. The van der Waals surface area contributed by atoms with E-state index in [2.05, 4.69) is 89.7 Å². The van der Waals surface area contributed by atoms with Crippen LogP contribution in [0, 0.1) is 61.6 Å². The summed E-state index contributed by atoms with van der Waals surface area (Å²) < 4.78 is 16.5. The van der Waals surface area contributed by atoms with E-state index in [1.165, 1.54) is 12.5 Å². The van der Waals surface area contributed by atoms with Crippen molar-refractivity contribution in [3.8, 4) is 33.9 Å². The predicted molar refractivity (Wildman–Crippen MR) is 413 cm³/mol. The number of rotatable bonds is 38. The van der Waals surface area contributed by atoms with E-state index in [0.717, 1.165) is 145 Å². The first-order chi connectivity index (χ1) is 48.8. The van der Waals surface area contributed by atoms with E-state index in [4.69, 9.17) is 21.9 Å². The van der Waals surface area contributed by atoms with Crippen LogP contribution in [0.3, 0.4) is 0 Å². The Hall–Kier alpha value is -7.87. The van der Waals surface area contributed by atoms with Crippen molar-refractivity contribution in [1.82, 2.24) is 55.8 Å². The Labute approximate surface area is 616 Å². The van der Waals surface area contributed by atoms with Crippen LogP contribution in [0.15, 0.2) is 65.5 Å². The number of aliphatic hydroxyl groups is 1. The highest BCUT2D eigenvalue weighted by molar-refractivity contribution is 7.13. The van der Waals surface area contributed by atoms with E-state index < -0.39 is 46.3 Å². The highest BCUT2D eigenvalue weighted by atomic mass is 32.1. The zero-order chi connectivity index (χ0) is 76.0. The van der Waals surface area contributed by atoms with Crippen molar-refractivity contribution in [3.05, 3.63) is 111 Å². The lowest BCUT2D eigenvalue weighted by Crippen LogP contribution is -2.48. The average molecular weight is 1440 g/mol. The molecule has 1 fully saturated rings. The number of pyridine rings is 1. The molecule has 1 aliphatic heterocycles. The van der Waals surface area contributed by atoms with Crippen LogP contribution in [-0.2, 0) is 37.7 Å². The molecule has 4 aromatic heterocycles. The molecule has 0 unspecified atom stereocenters. The SMILES string of the molecule is C#CCCCCNC(C)(C)c1ncc2cc(-c3cc(NC(=O)NCCC)c(F)cc3C)c(C)nc2n1.CC(C)NCCCCc1cn(CCCCCC(=O)C(C)C)nn1.Cc1ncsc1-c1ccc([C@H](C)CC(=O)[C@@H]2C[C@@H](O)CN2C(=O)[C@H](CC(C)(C)C(=O)CCCCCN=[N+]=[N-])C(C)(C)C)cc1. The van der Waals surface area contributed by atoms with Crippen LogP contribution in [0.25, 0.3) is 43.0 Å². The number of carbonyl (C=O) groups is 5. The van der Waals surface area contributed by atoms with E-state index in [-0.39, 0.29) is 54.4 Å². The monoisotopic (exact) mass is 1440 g/mol. The highest BCUT2D eigenvalue weighted by Crippen LogP contribution is 2.41. The van der Waals surface area contributed by atoms with Gasteiger partial charge < -0.3 is 31.3 Å². The first-order valence-corrected chi connectivity index (χ1v) is 38.1. The smallest absolute Gasteiger partial charge is 0.319 e. The Morgan fingerprint density at radius 2 is 1.55 bits per heavy atom. The number of unbranched alkanes of at least 4 members (excludes halogenated alkanes) is 7. The Balaban J connectivity index is 0.000000291. The molecule has 0 spiro atoms. The summed E-state index contributed by atoms with van der Waals surface area (Å²) in [5, 5.41) is 35.6. The van der Waals surface area contributed by atoms with Crippen molar-refractivity contribution in [2.75, 3.05) is 38.0 Å². The number of likely N-dealkylation sites (tertiary alicyclic amines) is 1. The number of terminal acetylenes is 1. The van der Waals surface area contributed by atoms with Gasteiger partial charge in [-0.2, -0.15) is 0 Å². The van der Waals surface area contributed by atoms with Gasteiger partial charge in [-0.3, -0.25) is 23.9 Å². The third kappa shape index (κ3) is 27.9. The fraction of sp³-hybridized carbons (Fsp3) is 0.613. The van der Waals surface area contributed by atoms with E-state index in [1.54, 1.807) is 28.5 Å². The molecule has 562 valence electrons. The van der Waals surface area contributed by atoms with Gasteiger partial charge in [0.05, 0.1) is 45.1 Å². The van der Waals surface area contributed by atoms with Gasteiger partial charge in [0.25, 0.3) is 0 Å². The normalized spacial score (nSPS) is 14.5. The number of halogens is 1.